The van der Waals surface area contributed by atoms with Crippen molar-refractivity contribution in [3.63, 3.8) is 0 Å². The van der Waals surface area contributed by atoms with Crippen LogP contribution in [0.15, 0.2) is 42.5 Å². The van der Waals surface area contributed by atoms with Crippen molar-refractivity contribution in [2.75, 3.05) is 0 Å². The Morgan fingerprint density at radius 1 is 0.865 bits per heavy atom. The molecule has 37 heavy (non-hydrogen) atoms. The van der Waals surface area contributed by atoms with Crippen molar-refractivity contribution in [3.8, 4) is 11.4 Å². The van der Waals surface area contributed by atoms with Crippen LogP contribution in [0, 0.1) is 24.2 Å². The summed E-state index contributed by atoms with van der Waals surface area (Å²) < 4.78 is 0. The fourth-order valence-electron chi connectivity index (χ4n) is 6.56. The second kappa shape index (κ2) is 10.3. The van der Waals surface area contributed by atoms with Gasteiger partial charge in [-0.3, -0.25) is 9.59 Å². The monoisotopic (exact) mass is 497 g/mol. The first-order valence-electron chi connectivity index (χ1n) is 14.1. The maximum Gasteiger partial charge on any atom is 0.251 e. The van der Waals surface area contributed by atoms with E-state index in [1.54, 1.807) is 0 Å². The summed E-state index contributed by atoms with van der Waals surface area (Å²) in [6, 6.07) is 13.8. The molecule has 3 N–H and O–H groups in total. The van der Waals surface area contributed by atoms with Gasteiger partial charge < -0.3 is 15.6 Å². The van der Waals surface area contributed by atoms with Crippen LogP contribution in [0.25, 0.3) is 22.4 Å². The third-order valence-electron chi connectivity index (χ3n) is 8.89. The highest BCUT2D eigenvalue weighted by atomic mass is 16.2. The number of hydrogen-bond donors (Lipinski definition) is 3. The third-order valence-corrected chi connectivity index (χ3v) is 8.89. The van der Waals surface area contributed by atoms with Gasteiger partial charge in [-0.15, -0.1) is 0 Å². The fourth-order valence-corrected chi connectivity index (χ4v) is 6.56. The van der Waals surface area contributed by atoms with Crippen LogP contribution in [0.2, 0.25) is 0 Å². The number of imidazole rings is 1. The number of carbonyl (C=O) groups excluding carboxylic acids is 2. The SMILES string of the molecule is CC1CCC(NC(=O)c2ccc(-c3nc4ccc(C(=O)NC5CC[C@@H]6C[CH]C[C@H]5C6)cc4[nH]3)cc2)CC1. The van der Waals surface area contributed by atoms with Gasteiger partial charge in [0.2, 0.25) is 0 Å². The molecule has 1 heterocycles. The standard InChI is InChI=1S/C31H37N4O2/c1-19-5-13-25(14-6-19)32-30(36)22-10-8-21(9-11-22)29-33-27-16-12-24(18-28(27)34-29)31(37)35-26-15-7-20-3-2-4-23(26)17-20/h2,8-12,16,18-20,23,25-26H,3-7,13-15,17H2,1H3,(H,32,36)(H,33,34)(H,35,37)/t19?,20-,23-,25?,26?/m0/s1. The molecule has 2 bridgehead atoms. The summed E-state index contributed by atoms with van der Waals surface area (Å²) in [6.07, 6.45) is 12.8. The number of amides is 2. The fraction of sp³-hybridized carbons (Fsp3) is 0.484. The van der Waals surface area contributed by atoms with Gasteiger partial charge >= 0.3 is 0 Å². The lowest BCUT2D eigenvalue weighted by Crippen LogP contribution is -2.45. The molecule has 2 amide bonds. The Morgan fingerprint density at radius 2 is 1.62 bits per heavy atom. The van der Waals surface area contributed by atoms with Crippen LogP contribution >= 0.6 is 0 Å². The first-order chi connectivity index (χ1) is 18.0. The van der Waals surface area contributed by atoms with Gasteiger partial charge in [-0.05, 0) is 112 Å². The summed E-state index contributed by atoms with van der Waals surface area (Å²) in [4.78, 5) is 33.9. The molecule has 2 aromatic carbocycles. The highest BCUT2D eigenvalue weighted by Crippen LogP contribution is 2.39. The topological polar surface area (TPSA) is 86.9 Å². The number of nitrogens with zero attached hydrogens (tertiary/aromatic N) is 1. The molecular formula is C31H37N4O2. The minimum Gasteiger partial charge on any atom is -0.349 e. The normalized spacial score (nSPS) is 27.5. The van der Waals surface area contributed by atoms with E-state index in [0.29, 0.717) is 17.0 Å². The van der Waals surface area contributed by atoms with Crippen LogP contribution in [0.1, 0.15) is 85.4 Å². The number of rotatable bonds is 5. The molecule has 3 saturated carbocycles. The average molecular weight is 498 g/mol. The van der Waals surface area contributed by atoms with Crippen LogP contribution < -0.4 is 10.6 Å². The van der Waals surface area contributed by atoms with Gasteiger partial charge in [0.1, 0.15) is 5.82 Å². The number of benzene rings is 2. The molecule has 6 nitrogen and oxygen atoms in total. The van der Waals surface area contributed by atoms with Crippen molar-refractivity contribution in [3.05, 3.63) is 60.0 Å². The second-order valence-corrected chi connectivity index (χ2v) is 11.6. The molecule has 3 aliphatic carbocycles. The van der Waals surface area contributed by atoms with Gasteiger partial charge in [0.15, 0.2) is 0 Å². The number of aromatic nitrogens is 2. The average Bonchev–Trinajstić information content (AvgIpc) is 3.35. The maximum atomic E-state index is 13.1. The van der Waals surface area contributed by atoms with Gasteiger partial charge in [0.25, 0.3) is 11.8 Å². The molecule has 3 aliphatic rings. The smallest absolute Gasteiger partial charge is 0.251 e. The minimum absolute atomic E-state index is 0.00476. The van der Waals surface area contributed by atoms with E-state index in [1.807, 2.05) is 42.5 Å². The lowest BCUT2D eigenvalue weighted by molar-refractivity contribution is 0.0873. The predicted octanol–water partition coefficient (Wildman–Crippen LogP) is 6.05. The summed E-state index contributed by atoms with van der Waals surface area (Å²) in [5, 5.41) is 6.50. The van der Waals surface area contributed by atoms with Crippen molar-refractivity contribution >= 4 is 22.8 Å². The minimum atomic E-state index is -0.00836. The molecule has 0 aliphatic heterocycles. The molecule has 3 aromatic rings. The quantitative estimate of drug-likeness (QED) is 0.401. The summed E-state index contributed by atoms with van der Waals surface area (Å²) in [5.74, 6) is 2.88. The van der Waals surface area contributed by atoms with Crippen LogP contribution in [0.4, 0.5) is 0 Å². The molecular weight excluding hydrogens is 460 g/mol. The van der Waals surface area contributed by atoms with Crippen molar-refractivity contribution in [2.24, 2.45) is 17.8 Å². The number of H-pyrrole nitrogens is 1. The van der Waals surface area contributed by atoms with E-state index in [1.165, 1.54) is 32.1 Å². The van der Waals surface area contributed by atoms with Crippen LogP contribution in [0.5, 0.6) is 0 Å². The first-order valence-corrected chi connectivity index (χ1v) is 14.1. The van der Waals surface area contributed by atoms with Crippen LogP contribution in [-0.4, -0.2) is 33.9 Å². The van der Waals surface area contributed by atoms with Gasteiger partial charge in [-0.1, -0.05) is 19.1 Å². The number of carbonyl (C=O) groups is 2. The Morgan fingerprint density at radius 3 is 2.43 bits per heavy atom. The number of fused-ring (bicyclic) bond motifs is 3. The highest BCUT2D eigenvalue weighted by molar-refractivity contribution is 5.98. The molecule has 3 fully saturated rings. The van der Waals surface area contributed by atoms with Crippen LogP contribution in [-0.2, 0) is 0 Å². The van der Waals surface area contributed by atoms with Gasteiger partial charge in [0, 0.05) is 28.8 Å². The summed E-state index contributed by atoms with van der Waals surface area (Å²) in [7, 11) is 0. The third kappa shape index (κ3) is 5.29. The Kier molecular flexibility index (Phi) is 6.74. The summed E-state index contributed by atoms with van der Waals surface area (Å²) >= 11 is 0. The van der Waals surface area contributed by atoms with Crippen molar-refractivity contribution in [1.82, 2.24) is 20.6 Å². The van der Waals surface area contributed by atoms with E-state index < -0.39 is 0 Å². The molecule has 1 aromatic heterocycles. The first kappa shape index (κ1) is 24.2. The lowest BCUT2D eigenvalue weighted by atomic mass is 9.70. The molecule has 193 valence electrons. The van der Waals surface area contributed by atoms with Gasteiger partial charge in [0.05, 0.1) is 11.0 Å². The lowest BCUT2D eigenvalue weighted by Gasteiger charge is -2.40. The van der Waals surface area contributed by atoms with E-state index in [-0.39, 0.29) is 23.9 Å². The Hall–Kier alpha value is -3.15. The van der Waals surface area contributed by atoms with E-state index >= 15 is 0 Å². The van der Waals surface area contributed by atoms with Gasteiger partial charge in [-0.2, -0.15) is 0 Å². The zero-order valence-electron chi connectivity index (χ0n) is 21.6. The Bertz CT molecular complexity index is 1270. The zero-order chi connectivity index (χ0) is 25.4. The number of aromatic amines is 1. The molecule has 0 spiro atoms. The Balaban J connectivity index is 1.11. The molecule has 3 atom stereocenters. The molecule has 6 rings (SSSR count). The molecule has 6 heteroatoms. The number of hydrogen-bond acceptors (Lipinski definition) is 3. The van der Waals surface area contributed by atoms with Gasteiger partial charge in [-0.25, -0.2) is 4.98 Å². The molecule has 1 radical (unpaired) electrons. The van der Waals surface area contributed by atoms with E-state index in [2.05, 4.69) is 29.0 Å². The van der Waals surface area contributed by atoms with Crippen molar-refractivity contribution in [2.45, 2.75) is 76.8 Å². The molecule has 1 unspecified atom stereocenters. The summed E-state index contributed by atoms with van der Waals surface area (Å²) in [5.41, 5.74) is 3.90. The highest BCUT2D eigenvalue weighted by Gasteiger charge is 2.34. The summed E-state index contributed by atoms with van der Waals surface area (Å²) in [6.45, 7) is 2.28. The second-order valence-electron chi connectivity index (χ2n) is 11.6. The van der Waals surface area contributed by atoms with E-state index in [0.717, 1.165) is 59.9 Å². The Labute approximate surface area is 219 Å². The largest absolute Gasteiger partial charge is 0.349 e. The maximum absolute atomic E-state index is 13.1. The zero-order valence-corrected chi connectivity index (χ0v) is 21.6. The van der Waals surface area contributed by atoms with E-state index in [9.17, 15) is 9.59 Å². The van der Waals surface area contributed by atoms with Crippen LogP contribution in [0.3, 0.4) is 0 Å². The predicted molar refractivity (Wildman–Crippen MR) is 146 cm³/mol. The van der Waals surface area contributed by atoms with Crippen molar-refractivity contribution < 1.29 is 9.59 Å². The van der Waals surface area contributed by atoms with Crippen molar-refractivity contribution in [1.29, 1.82) is 0 Å². The van der Waals surface area contributed by atoms with E-state index in [4.69, 9.17) is 4.98 Å². The molecule has 0 saturated heterocycles. The number of nitrogens with one attached hydrogen (secondary N) is 3.